The van der Waals surface area contributed by atoms with Crippen molar-refractivity contribution in [1.29, 1.82) is 5.26 Å². The van der Waals surface area contributed by atoms with E-state index in [1.165, 1.54) is 6.92 Å². The molecule has 5 heteroatoms. The summed E-state index contributed by atoms with van der Waals surface area (Å²) in [5.41, 5.74) is 0.00198. The molecule has 5 aliphatic rings. The van der Waals surface area contributed by atoms with Gasteiger partial charge in [0.1, 0.15) is 6.07 Å². The van der Waals surface area contributed by atoms with Gasteiger partial charge in [0.25, 0.3) is 0 Å². The summed E-state index contributed by atoms with van der Waals surface area (Å²) >= 11 is 0. The fourth-order valence-corrected chi connectivity index (χ4v) is 10.6. The van der Waals surface area contributed by atoms with Gasteiger partial charge >= 0.3 is 5.97 Å². The number of allylic oxidation sites excluding steroid dienone is 4. The van der Waals surface area contributed by atoms with E-state index in [1.807, 2.05) is 26.0 Å². The van der Waals surface area contributed by atoms with E-state index in [4.69, 9.17) is 4.74 Å². The SMILES string of the molecule is CC(=O)OCC[C@]12CCC(C)(C)CC1C1C(=O)C=C3[C@@]4(C)C=C(C#N)C(=O)C(C)(C)C4CC[C@@]3(C)[C@]1(C)CC2. The Morgan fingerprint density at radius 2 is 1.69 bits per heavy atom. The molecule has 0 bridgehead atoms. The average Bonchev–Trinajstić information content (AvgIpc) is 2.83. The highest BCUT2D eigenvalue weighted by atomic mass is 16.5. The quantitative estimate of drug-likeness (QED) is 0.359. The van der Waals surface area contributed by atoms with E-state index in [1.54, 1.807) is 0 Å². The average molecular weight is 534 g/mol. The molecule has 7 atom stereocenters. The summed E-state index contributed by atoms with van der Waals surface area (Å²) in [5.74, 6) is 0.155. The predicted molar refractivity (Wildman–Crippen MR) is 150 cm³/mol. The maximum atomic E-state index is 14.5. The van der Waals surface area contributed by atoms with E-state index in [9.17, 15) is 19.6 Å². The Labute approximate surface area is 234 Å². The van der Waals surface area contributed by atoms with E-state index < -0.39 is 10.8 Å². The molecule has 0 amide bonds. The number of esters is 1. The van der Waals surface area contributed by atoms with Crippen LogP contribution in [0.1, 0.15) is 107 Å². The van der Waals surface area contributed by atoms with Crippen molar-refractivity contribution in [2.24, 2.45) is 50.2 Å². The molecule has 212 valence electrons. The topological polar surface area (TPSA) is 84.2 Å². The molecule has 0 aromatic carbocycles. The number of Topliss-reactive ketones (excluding diaryl/α,β-unsaturated/α-hetero) is 1. The molecule has 3 saturated carbocycles. The molecule has 0 aliphatic heterocycles. The molecular formula is C34H47NO4. The van der Waals surface area contributed by atoms with Gasteiger partial charge in [0.2, 0.25) is 0 Å². The lowest BCUT2D eigenvalue weighted by atomic mass is 9.34. The Balaban J connectivity index is 1.63. The van der Waals surface area contributed by atoms with Gasteiger partial charge in [-0.3, -0.25) is 14.4 Å². The molecule has 5 aliphatic carbocycles. The summed E-state index contributed by atoms with van der Waals surface area (Å²) in [4.78, 5) is 39.3. The first-order valence-electron chi connectivity index (χ1n) is 15.1. The number of carbonyl (C=O) groups excluding carboxylic acids is 3. The van der Waals surface area contributed by atoms with Crippen LogP contribution in [-0.4, -0.2) is 24.1 Å². The van der Waals surface area contributed by atoms with Gasteiger partial charge in [-0.05, 0) is 90.9 Å². The van der Waals surface area contributed by atoms with Crippen molar-refractivity contribution in [2.45, 2.75) is 107 Å². The minimum absolute atomic E-state index is 0.0146. The van der Waals surface area contributed by atoms with Crippen LogP contribution in [0.2, 0.25) is 0 Å². The first-order valence-corrected chi connectivity index (χ1v) is 15.1. The van der Waals surface area contributed by atoms with Crippen molar-refractivity contribution in [3.05, 3.63) is 23.3 Å². The zero-order valence-corrected chi connectivity index (χ0v) is 25.3. The molecule has 5 nitrogen and oxygen atoms in total. The predicted octanol–water partition coefficient (Wildman–Crippen LogP) is 7.16. The number of ether oxygens (including phenoxy) is 1. The van der Waals surface area contributed by atoms with Crippen molar-refractivity contribution in [3.63, 3.8) is 0 Å². The lowest BCUT2D eigenvalue weighted by molar-refractivity contribution is -0.175. The monoisotopic (exact) mass is 533 g/mol. The molecule has 0 aromatic rings. The van der Waals surface area contributed by atoms with Gasteiger partial charge in [0.15, 0.2) is 11.6 Å². The summed E-state index contributed by atoms with van der Waals surface area (Å²) in [7, 11) is 0. The van der Waals surface area contributed by atoms with Crippen LogP contribution < -0.4 is 0 Å². The van der Waals surface area contributed by atoms with E-state index in [2.05, 4.69) is 40.7 Å². The zero-order valence-electron chi connectivity index (χ0n) is 25.3. The Morgan fingerprint density at radius 1 is 1.03 bits per heavy atom. The standard InChI is InChI=1S/C34H47NO4/c1-21(36)39-16-15-34-13-11-29(2,3)19-23(34)27-24(37)17-26-31(6)18-22(20-35)28(38)30(4,5)25(31)9-10-32(26,7)33(27,8)12-14-34/h17-18,23,25,27H,9-16,19H2,1-8H3/t23?,25?,27?,31-,32+,33+,34+/m0/s1. The molecule has 39 heavy (non-hydrogen) atoms. The molecular weight excluding hydrogens is 486 g/mol. The highest BCUT2D eigenvalue weighted by Gasteiger charge is 2.69. The van der Waals surface area contributed by atoms with Gasteiger partial charge in [-0.25, -0.2) is 0 Å². The molecule has 0 aromatic heterocycles. The van der Waals surface area contributed by atoms with Crippen LogP contribution >= 0.6 is 0 Å². The fourth-order valence-electron chi connectivity index (χ4n) is 10.6. The van der Waals surface area contributed by atoms with Crippen LogP contribution in [0.25, 0.3) is 0 Å². The van der Waals surface area contributed by atoms with E-state index in [0.29, 0.717) is 6.61 Å². The number of nitrogens with zero attached hydrogens (tertiary/aromatic N) is 1. The third-order valence-corrected chi connectivity index (χ3v) is 12.9. The smallest absolute Gasteiger partial charge is 0.302 e. The van der Waals surface area contributed by atoms with Crippen LogP contribution in [0.4, 0.5) is 0 Å². The summed E-state index contributed by atoms with van der Waals surface area (Å²) in [6.45, 7) is 17.5. The second kappa shape index (κ2) is 8.64. The van der Waals surface area contributed by atoms with E-state index in [0.717, 1.165) is 56.9 Å². The summed E-state index contributed by atoms with van der Waals surface area (Å²) < 4.78 is 5.46. The van der Waals surface area contributed by atoms with Gasteiger partial charge in [0, 0.05) is 23.7 Å². The highest BCUT2D eigenvalue weighted by molar-refractivity contribution is 6.04. The van der Waals surface area contributed by atoms with E-state index >= 15 is 0 Å². The van der Waals surface area contributed by atoms with Gasteiger partial charge < -0.3 is 4.74 Å². The third kappa shape index (κ3) is 3.79. The number of ketones is 2. The van der Waals surface area contributed by atoms with Gasteiger partial charge in [-0.1, -0.05) is 60.1 Å². The number of fused-ring (bicyclic) bond motifs is 7. The second-order valence-electron chi connectivity index (χ2n) is 15.7. The van der Waals surface area contributed by atoms with Crippen LogP contribution in [0, 0.1) is 61.6 Å². The van der Waals surface area contributed by atoms with Gasteiger partial charge in [-0.2, -0.15) is 5.26 Å². The van der Waals surface area contributed by atoms with E-state index in [-0.39, 0.29) is 62.5 Å². The Kier molecular flexibility index (Phi) is 6.27. The van der Waals surface area contributed by atoms with Crippen LogP contribution in [0.5, 0.6) is 0 Å². The fraction of sp³-hybridized carbons (Fsp3) is 0.765. The number of hydrogen-bond donors (Lipinski definition) is 0. The highest BCUT2D eigenvalue weighted by Crippen LogP contribution is 2.74. The maximum absolute atomic E-state index is 14.5. The summed E-state index contributed by atoms with van der Waals surface area (Å²) in [6.07, 6.45) is 11.8. The van der Waals surface area contributed by atoms with Gasteiger partial charge in [0.05, 0.1) is 12.2 Å². The Bertz CT molecular complexity index is 1230. The summed E-state index contributed by atoms with van der Waals surface area (Å²) in [5, 5.41) is 9.90. The van der Waals surface area contributed by atoms with Crippen molar-refractivity contribution in [2.75, 3.05) is 6.61 Å². The lowest BCUT2D eigenvalue weighted by Gasteiger charge is -2.69. The molecule has 0 heterocycles. The normalized spacial score (nSPS) is 43.9. The number of carbonyl (C=O) groups is 3. The van der Waals surface area contributed by atoms with Crippen molar-refractivity contribution >= 4 is 17.5 Å². The van der Waals surface area contributed by atoms with Crippen LogP contribution in [-0.2, 0) is 19.1 Å². The lowest BCUT2D eigenvalue weighted by Crippen LogP contribution is -2.64. The van der Waals surface area contributed by atoms with Crippen LogP contribution in [0.15, 0.2) is 23.3 Å². The minimum Gasteiger partial charge on any atom is -0.466 e. The first-order chi connectivity index (χ1) is 18.0. The summed E-state index contributed by atoms with van der Waals surface area (Å²) in [6, 6.07) is 2.19. The number of nitriles is 1. The van der Waals surface area contributed by atoms with Crippen LogP contribution in [0.3, 0.4) is 0 Å². The zero-order chi connectivity index (χ0) is 28.8. The van der Waals surface area contributed by atoms with Crippen molar-refractivity contribution in [1.82, 2.24) is 0 Å². The second-order valence-corrected chi connectivity index (χ2v) is 15.7. The largest absolute Gasteiger partial charge is 0.466 e. The molecule has 3 unspecified atom stereocenters. The molecule has 0 saturated heterocycles. The minimum atomic E-state index is -0.649. The molecule has 0 spiro atoms. The first kappa shape index (κ1) is 28.3. The van der Waals surface area contributed by atoms with Gasteiger partial charge in [-0.15, -0.1) is 0 Å². The Hall–Kier alpha value is -2.22. The van der Waals surface area contributed by atoms with Crippen molar-refractivity contribution < 1.29 is 19.1 Å². The molecule has 0 N–H and O–H groups in total. The number of rotatable bonds is 3. The number of hydrogen-bond acceptors (Lipinski definition) is 5. The molecule has 3 fully saturated rings. The Morgan fingerprint density at radius 3 is 2.33 bits per heavy atom. The maximum Gasteiger partial charge on any atom is 0.302 e. The third-order valence-electron chi connectivity index (χ3n) is 12.9. The van der Waals surface area contributed by atoms with Crippen molar-refractivity contribution in [3.8, 4) is 6.07 Å². The molecule has 5 rings (SSSR count). The molecule has 0 radical (unpaired) electrons.